The van der Waals surface area contributed by atoms with Gasteiger partial charge in [-0.2, -0.15) is 9.36 Å². The van der Waals surface area contributed by atoms with E-state index in [0.29, 0.717) is 12.4 Å². The van der Waals surface area contributed by atoms with Crippen LogP contribution < -0.4 is 16.5 Å². The molecule has 1 aromatic rings. The fourth-order valence-corrected chi connectivity index (χ4v) is 5.96. The van der Waals surface area contributed by atoms with Crippen LogP contribution >= 0.6 is 23.3 Å². The van der Waals surface area contributed by atoms with Gasteiger partial charge in [-0.25, -0.2) is 9.80 Å². The molecule has 1 aromatic heterocycles. The molecule has 1 saturated heterocycles. The van der Waals surface area contributed by atoms with Crippen LogP contribution in [0.2, 0.25) is 0 Å². The highest BCUT2D eigenvalue weighted by atomic mass is 32.2. The van der Waals surface area contributed by atoms with E-state index in [-0.39, 0.29) is 27.6 Å². The number of hydrazine groups is 1. The second-order valence-corrected chi connectivity index (χ2v) is 10.00. The van der Waals surface area contributed by atoms with E-state index >= 15 is 0 Å². The average molecular weight is 548 g/mol. The number of hydrogen-bond donors (Lipinski definition) is 4. The van der Waals surface area contributed by atoms with Crippen molar-refractivity contribution in [2.75, 3.05) is 26.5 Å². The van der Waals surface area contributed by atoms with Crippen LogP contribution in [0.4, 0.5) is 5.13 Å². The largest absolute Gasteiger partial charge is 0.481 e. The number of aromatic nitrogens is 2. The number of β-lactam (4-membered cyclic amide) rings is 1. The molecule has 1 fully saturated rings. The summed E-state index contributed by atoms with van der Waals surface area (Å²) >= 11 is 2.24. The monoisotopic (exact) mass is 547 g/mol. The molecule has 17 heteroatoms. The molecule has 0 spiro atoms. The Morgan fingerprint density at radius 3 is 2.81 bits per heavy atom. The zero-order valence-electron chi connectivity index (χ0n) is 19.4. The first kappa shape index (κ1) is 24.4. The highest BCUT2D eigenvalue weighted by Gasteiger charge is 2.55. The Balaban J connectivity index is 1.33. The van der Waals surface area contributed by atoms with Gasteiger partial charge in [0.2, 0.25) is 17.4 Å². The van der Waals surface area contributed by atoms with Gasteiger partial charge in [-0.1, -0.05) is 5.16 Å². The number of carboxylic acid groups (broad SMARTS) is 1. The van der Waals surface area contributed by atoms with Gasteiger partial charge in [0, 0.05) is 41.8 Å². The van der Waals surface area contributed by atoms with E-state index in [1.165, 1.54) is 23.8 Å². The lowest BCUT2D eigenvalue weighted by Gasteiger charge is -2.50. The first-order chi connectivity index (χ1) is 17.8. The lowest BCUT2D eigenvalue weighted by molar-refractivity contribution is -0.150. The van der Waals surface area contributed by atoms with Gasteiger partial charge in [0.05, 0.1) is 7.11 Å². The summed E-state index contributed by atoms with van der Waals surface area (Å²) in [6.45, 7) is 0.412. The molecule has 194 valence electrons. The van der Waals surface area contributed by atoms with Gasteiger partial charge >= 0.3 is 5.97 Å². The molecular formula is C20H21N9O6S2. The summed E-state index contributed by atoms with van der Waals surface area (Å²) in [5.74, 6) is -1.19. The number of rotatable bonds is 8. The van der Waals surface area contributed by atoms with E-state index in [1.54, 1.807) is 24.3 Å². The summed E-state index contributed by atoms with van der Waals surface area (Å²) < 4.78 is 9.17. The van der Waals surface area contributed by atoms with Gasteiger partial charge in [0.15, 0.2) is 5.13 Å². The maximum atomic E-state index is 12.9. The van der Waals surface area contributed by atoms with E-state index in [2.05, 4.69) is 25.3 Å². The van der Waals surface area contributed by atoms with Crippen LogP contribution in [0.25, 0.3) is 0 Å². The van der Waals surface area contributed by atoms with Crippen molar-refractivity contribution in [2.24, 2.45) is 5.16 Å². The van der Waals surface area contributed by atoms with Crippen LogP contribution in [0.15, 0.2) is 53.2 Å². The number of nitrogen functional groups attached to an aromatic ring is 1. The number of carbonyl (C=O) groups excluding carboxylic acids is 2. The first-order valence-corrected chi connectivity index (χ1v) is 12.4. The molecular weight excluding hydrogens is 526 g/mol. The minimum Gasteiger partial charge on any atom is -0.481 e. The average Bonchev–Trinajstić information content (AvgIpc) is 3.50. The summed E-state index contributed by atoms with van der Waals surface area (Å²) in [6, 6.07) is -0.991. The second-order valence-electron chi connectivity index (χ2n) is 7.85. The van der Waals surface area contributed by atoms with Gasteiger partial charge in [-0.05, 0) is 12.2 Å². The number of ether oxygens (including phenoxy) is 1. The lowest BCUT2D eigenvalue weighted by atomic mass is 10.0. The number of nitrogens with one attached hydrogen (secondary N) is 2. The summed E-state index contributed by atoms with van der Waals surface area (Å²) in [6.07, 6.45) is 8.84. The molecule has 0 aliphatic carbocycles. The number of nitrogens with zero attached hydrogens (tertiary/aromatic N) is 6. The number of carbonyl (C=O) groups is 3. The van der Waals surface area contributed by atoms with Crippen LogP contribution in [-0.2, 0) is 24.0 Å². The van der Waals surface area contributed by atoms with Gasteiger partial charge in [-0.15, -0.1) is 11.8 Å². The molecule has 1 unspecified atom stereocenters. The fourth-order valence-electron chi connectivity index (χ4n) is 4.03. The summed E-state index contributed by atoms with van der Waals surface area (Å²) in [7, 11) is 2.81. The maximum absolute atomic E-state index is 12.9. The number of thioether (sulfide) groups is 1. The standard InChI is InChI=1S/C20H21N9O6S2/c1-34-11-3-4-12-27(5-6-28(12)24-11)8-9-7-10(19(32)33)29-17(31)14(18(29)36-9)22-16(30)13(25-35-2)15-23-20(21)37-26-15/h3-7,9,14,18,24H,8H2,1-2H3,(H,22,30)(H,32,33)(H2,21,23,26)/b25-13-/t9?,14-,18+/m1/s1. The van der Waals surface area contributed by atoms with E-state index in [9.17, 15) is 19.5 Å². The molecule has 0 aromatic carbocycles. The molecule has 2 amide bonds. The Bertz CT molecular complexity index is 1300. The van der Waals surface area contributed by atoms with E-state index in [4.69, 9.17) is 15.3 Å². The van der Waals surface area contributed by atoms with Crippen molar-refractivity contribution < 1.29 is 29.1 Å². The predicted molar refractivity (Wildman–Crippen MR) is 132 cm³/mol. The Morgan fingerprint density at radius 2 is 2.14 bits per heavy atom. The Labute approximate surface area is 218 Å². The number of amides is 2. The quantitative estimate of drug-likeness (QED) is 0.179. The zero-order chi connectivity index (χ0) is 26.3. The second kappa shape index (κ2) is 9.66. The van der Waals surface area contributed by atoms with E-state index < -0.39 is 29.2 Å². The zero-order valence-corrected chi connectivity index (χ0v) is 21.0. The van der Waals surface area contributed by atoms with Crippen molar-refractivity contribution >= 4 is 51.9 Å². The van der Waals surface area contributed by atoms with Gasteiger partial charge < -0.3 is 30.6 Å². The number of anilines is 1. The summed E-state index contributed by atoms with van der Waals surface area (Å²) in [5, 5.41) is 17.0. The Hall–Kier alpha value is -4.25. The molecule has 4 aliphatic rings. The maximum Gasteiger partial charge on any atom is 0.352 e. The van der Waals surface area contributed by atoms with Gasteiger partial charge in [-0.3, -0.25) is 19.9 Å². The van der Waals surface area contributed by atoms with Crippen LogP contribution in [0.1, 0.15) is 5.82 Å². The number of methoxy groups -OCH3 is 1. The molecule has 37 heavy (non-hydrogen) atoms. The highest BCUT2D eigenvalue weighted by molar-refractivity contribution is 8.00. The van der Waals surface area contributed by atoms with Crippen LogP contribution in [0.5, 0.6) is 0 Å². The molecule has 15 nitrogen and oxygen atoms in total. The minimum absolute atomic E-state index is 0.0452. The molecule has 5 N–H and O–H groups in total. The van der Waals surface area contributed by atoms with Crippen LogP contribution in [0, 0.1) is 0 Å². The number of fused-ring (bicyclic) bond motifs is 2. The van der Waals surface area contributed by atoms with Crippen molar-refractivity contribution in [2.45, 2.75) is 16.7 Å². The third kappa shape index (κ3) is 4.42. The molecule has 0 saturated carbocycles. The van der Waals surface area contributed by atoms with Gasteiger partial charge in [0.25, 0.3) is 11.8 Å². The number of allylic oxidation sites excluding steroid dienone is 2. The first-order valence-electron chi connectivity index (χ1n) is 10.7. The number of hydrogen-bond acceptors (Lipinski definition) is 14. The summed E-state index contributed by atoms with van der Waals surface area (Å²) in [5.41, 5.74) is 8.29. The van der Waals surface area contributed by atoms with Crippen molar-refractivity contribution in [3.8, 4) is 0 Å². The molecule has 5 heterocycles. The highest BCUT2D eigenvalue weighted by Crippen LogP contribution is 2.42. The molecule has 4 aliphatic heterocycles. The fraction of sp³-hybridized carbons (Fsp3) is 0.300. The van der Waals surface area contributed by atoms with Crippen LogP contribution in [-0.4, -0.2) is 90.2 Å². The Kier molecular flexibility index (Phi) is 6.38. The number of aliphatic carboxylic acids is 1. The van der Waals surface area contributed by atoms with Crippen LogP contribution in [0.3, 0.4) is 0 Å². The third-order valence-electron chi connectivity index (χ3n) is 5.67. The Morgan fingerprint density at radius 1 is 1.32 bits per heavy atom. The van der Waals surface area contributed by atoms with Gasteiger partial charge in [0.1, 0.15) is 30.0 Å². The lowest BCUT2D eigenvalue weighted by Crippen LogP contribution is -2.71. The topological polar surface area (TPSA) is 188 Å². The molecule has 0 bridgehead atoms. The van der Waals surface area contributed by atoms with Crippen molar-refractivity contribution in [1.29, 1.82) is 0 Å². The van der Waals surface area contributed by atoms with E-state index in [1.807, 2.05) is 23.4 Å². The van der Waals surface area contributed by atoms with Crippen molar-refractivity contribution in [3.63, 3.8) is 0 Å². The molecule has 5 rings (SSSR count). The molecule has 3 atom stereocenters. The normalized spacial score (nSPS) is 24.2. The van der Waals surface area contributed by atoms with Crippen molar-refractivity contribution in [1.82, 2.24) is 34.9 Å². The number of oxime groups is 1. The number of nitrogens with two attached hydrogens (primary N) is 1. The number of carboxylic acids is 1. The SMILES string of the molecule is CO/N=C(\C(=O)N[C@@H]1C(=O)N2C(C(=O)O)=CC(CN3C=CN4NC(OC)=CC=C34)S[C@@H]12)c1nsc(N)n1. The predicted octanol–water partition coefficient (Wildman–Crippen LogP) is -0.856. The smallest absolute Gasteiger partial charge is 0.352 e. The minimum atomic E-state index is -1.23. The summed E-state index contributed by atoms with van der Waals surface area (Å²) in [4.78, 5) is 49.6. The van der Waals surface area contributed by atoms with E-state index in [0.717, 1.165) is 17.4 Å². The third-order valence-corrected chi connectivity index (χ3v) is 7.60. The molecule has 0 radical (unpaired) electrons. The van der Waals surface area contributed by atoms with Crippen molar-refractivity contribution in [3.05, 3.63) is 53.9 Å².